The van der Waals surface area contributed by atoms with Crippen molar-refractivity contribution < 1.29 is 19.4 Å². The van der Waals surface area contributed by atoms with Crippen molar-refractivity contribution in [2.75, 3.05) is 0 Å². The van der Waals surface area contributed by atoms with Crippen molar-refractivity contribution in [2.24, 2.45) is 0 Å². The van der Waals surface area contributed by atoms with Gasteiger partial charge >= 0.3 is 0 Å². The van der Waals surface area contributed by atoms with Crippen LogP contribution >= 0.6 is 23.2 Å². The minimum absolute atomic E-state index is 0.0202. The molecule has 0 fully saturated rings. The second-order valence-electron chi connectivity index (χ2n) is 5.37. The molecule has 0 bridgehead atoms. The van der Waals surface area contributed by atoms with Crippen LogP contribution in [-0.4, -0.2) is 17.2 Å². The zero-order valence-corrected chi connectivity index (χ0v) is 14.5. The van der Waals surface area contributed by atoms with E-state index >= 15 is 0 Å². The Morgan fingerprint density at radius 3 is 2.72 bits per heavy atom. The largest absolute Gasteiger partial charge is 0.506 e. The summed E-state index contributed by atoms with van der Waals surface area (Å²) >= 11 is 11.7. The van der Waals surface area contributed by atoms with Crippen LogP contribution < -0.4 is 0 Å². The summed E-state index contributed by atoms with van der Waals surface area (Å²) in [6, 6.07) is 12.5. The third kappa shape index (κ3) is 4.35. The Kier molecular flexibility index (Phi) is 5.31. The van der Waals surface area contributed by atoms with Gasteiger partial charge in [-0.05, 0) is 29.8 Å². The fourth-order valence-electron chi connectivity index (χ4n) is 2.33. The molecule has 1 aliphatic heterocycles. The lowest BCUT2D eigenvalue weighted by Gasteiger charge is -2.10. The Labute approximate surface area is 154 Å². The zero-order valence-electron chi connectivity index (χ0n) is 13.0. The molecule has 0 saturated carbocycles. The molecule has 6 heteroatoms. The van der Waals surface area contributed by atoms with Gasteiger partial charge in [0, 0.05) is 11.4 Å². The molecule has 4 nitrogen and oxygen atoms in total. The Balaban J connectivity index is 1.62. The lowest BCUT2D eigenvalue weighted by Crippen LogP contribution is -2.11. The van der Waals surface area contributed by atoms with Crippen LogP contribution in [0.5, 0.6) is 5.75 Å². The molecular weight excluding hydrogens is 363 g/mol. The van der Waals surface area contributed by atoms with Crippen molar-refractivity contribution in [1.82, 2.24) is 0 Å². The number of carbonyl (C=O) groups excluding carboxylic acids is 1. The van der Waals surface area contributed by atoms with Gasteiger partial charge in [0.2, 0.25) is 6.29 Å². The molecule has 1 unspecified atom stereocenters. The van der Waals surface area contributed by atoms with E-state index in [4.69, 9.17) is 32.7 Å². The molecule has 1 N–H and O–H groups in total. The summed E-state index contributed by atoms with van der Waals surface area (Å²) in [5.41, 5.74) is 1.11. The molecule has 128 valence electrons. The average molecular weight is 377 g/mol. The van der Waals surface area contributed by atoms with Gasteiger partial charge in [0.1, 0.15) is 12.0 Å². The summed E-state index contributed by atoms with van der Waals surface area (Å²) in [5, 5.41) is 10.2. The topological polar surface area (TPSA) is 55.8 Å². The quantitative estimate of drug-likeness (QED) is 0.595. The predicted molar refractivity (Wildman–Crippen MR) is 95.8 cm³/mol. The van der Waals surface area contributed by atoms with Gasteiger partial charge in [-0.25, -0.2) is 0 Å². The number of hydrogen-bond donors (Lipinski definition) is 1. The Hall–Kier alpha value is -2.43. The second-order valence-corrected chi connectivity index (χ2v) is 6.22. The predicted octanol–water partition coefficient (Wildman–Crippen LogP) is 4.89. The maximum absolute atomic E-state index is 12.2. The summed E-state index contributed by atoms with van der Waals surface area (Å²) in [6.45, 7) is 0. The first-order valence-electron chi connectivity index (χ1n) is 7.49. The van der Waals surface area contributed by atoms with Gasteiger partial charge in [-0.15, -0.1) is 0 Å². The van der Waals surface area contributed by atoms with E-state index in [9.17, 15) is 9.90 Å². The number of ketones is 1. The van der Waals surface area contributed by atoms with E-state index in [2.05, 4.69) is 0 Å². The van der Waals surface area contributed by atoms with Gasteiger partial charge < -0.3 is 14.6 Å². The number of hydrogen-bond acceptors (Lipinski definition) is 4. The monoisotopic (exact) mass is 376 g/mol. The first-order valence-corrected chi connectivity index (χ1v) is 8.25. The first kappa shape index (κ1) is 17.4. The molecule has 0 aliphatic carbocycles. The summed E-state index contributed by atoms with van der Waals surface area (Å²) in [4.78, 5) is 12.2. The molecule has 0 saturated heterocycles. The van der Waals surface area contributed by atoms with Gasteiger partial charge in [-0.3, -0.25) is 4.79 Å². The molecule has 2 aromatic rings. The second kappa shape index (κ2) is 7.64. The fraction of sp³-hybridized carbons (Fsp3) is 0.105. The van der Waals surface area contributed by atoms with Crippen LogP contribution in [0.4, 0.5) is 0 Å². The Bertz CT molecular complexity index is 844. The average Bonchev–Trinajstić information content (AvgIpc) is 3.04. The van der Waals surface area contributed by atoms with Gasteiger partial charge in [0.25, 0.3) is 0 Å². The van der Waals surface area contributed by atoms with E-state index in [0.717, 1.165) is 5.56 Å². The standard InChI is InChI=1S/C19H14Cl2O4/c20-13-9-15(19(23)16(21)10-13)17(22)7-6-14-11-24-18(25-14)8-12-4-2-1-3-5-12/h1-7,9-11,18,23H,8H2. The summed E-state index contributed by atoms with van der Waals surface area (Å²) in [6.07, 6.45) is 4.34. The summed E-state index contributed by atoms with van der Waals surface area (Å²) in [5.74, 6) is -0.333. The van der Waals surface area contributed by atoms with Crippen LogP contribution in [0, 0.1) is 0 Å². The smallest absolute Gasteiger partial charge is 0.244 e. The van der Waals surface area contributed by atoms with Crippen LogP contribution in [0.3, 0.4) is 0 Å². The molecule has 25 heavy (non-hydrogen) atoms. The van der Waals surface area contributed by atoms with E-state index < -0.39 is 12.1 Å². The zero-order chi connectivity index (χ0) is 17.8. The summed E-state index contributed by atoms with van der Waals surface area (Å²) in [7, 11) is 0. The first-order chi connectivity index (χ1) is 12.0. The molecular formula is C19H14Cl2O4. The lowest BCUT2D eigenvalue weighted by molar-refractivity contribution is -0.0269. The van der Waals surface area contributed by atoms with Crippen molar-refractivity contribution in [1.29, 1.82) is 0 Å². The van der Waals surface area contributed by atoms with E-state index in [-0.39, 0.29) is 21.4 Å². The maximum Gasteiger partial charge on any atom is 0.244 e. The fourth-order valence-corrected chi connectivity index (χ4v) is 2.82. The molecule has 2 aromatic carbocycles. The van der Waals surface area contributed by atoms with Crippen molar-refractivity contribution in [3.8, 4) is 5.75 Å². The number of allylic oxidation sites excluding steroid dienone is 2. The van der Waals surface area contributed by atoms with Gasteiger partial charge in [-0.1, -0.05) is 53.5 Å². The highest BCUT2D eigenvalue weighted by atomic mass is 35.5. The van der Waals surface area contributed by atoms with Crippen molar-refractivity contribution in [3.05, 3.63) is 87.8 Å². The number of benzene rings is 2. The normalized spacial score (nSPS) is 16.4. The molecule has 1 atom stereocenters. The molecule has 0 aromatic heterocycles. The van der Waals surface area contributed by atoms with Crippen molar-refractivity contribution in [2.45, 2.75) is 12.7 Å². The van der Waals surface area contributed by atoms with E-state index in [1.165, 1.54) is 30.5 Å². The highest BCUT2D eigenvalue weighted by molar-refractivity contribution is 6.36. The number of ether oxygens (including phenoxy) is 2. The molecule has 0 amide bonds. The summed E-state index contributed by atoms with van der Waals surface area (Å²) < 4.78 is 11.0. The van der Waals surface area contributed by atoms with Gasteiger partial charge in [0.15, 0.2) is 11.5 Å². The highest BCUT2D eigenvalue weighted by Crippen LogP contribution is 2.31. The number of rotatable bonds is 5. The lowest BCUT2D eigenvalue weighted by atomic mass is 10.1. The van der Waals surface area contributed by atoms with Crippen LogP contribution in [0.1, 0.15) is 15.9 Å². The maximum atomic E-state index is 12.2. The Morgan fingerprint density at radius 2 is 1.96 bits per heavy atom. The number of phenolic OH excluding ortho intramolecular Hbond substituents is 1. The van der Waals surface area contributed by atoms with E-state index in [1.807, 2.05) is 30.3 Å². The molecule has 3 rings (SSSR count). The van der Waals surface area contributed by atoms with Crippen molar-refractivity contribution in [3.63, 3.8) is 0 Å². The number of carbonyl (C=O) groups is 1. The highest BCUT2D eigenvalue weighted by Gasteiger charge is 2.19. The minimum Gasteiger partial charge on any atom is -0.506 e. The third-order valence-corrected chi connectivity index (χ3v) is 4.05. The van der Waals surface area contributed by atoms with Crippen LogP contribution in [0.2, 0.25) is 10.0 Å². The Morgan fingerprint density at radius 1 is 1.20 bits per heavy atom. The number of halogens is 2. The van der Waals surface area contributed by atoms with Gasteiger partial charge in [-0.2, -0.15) is 0 Å². The molecule has 0 spiro atoms. The van der Waals surface area contributed by atoms with Crippen LogP contribution in [-0.2, 0) is 15.9 Å². The van der Waals surface area contributed by atoms with Crippen LogP contribution in [0.15, 0.2) is 66.6 Å². The SMILES string of the molecule is O=C(C=CC1=COC(Cc2ccccc2)O1)c1cc(Cl)cc(Cl)c1O. The van der Waals surface area contributed by atoms with Crippen molar-refractivity contribution >= 4 is 29.0 Å². The number of aromatic hydroxyl groups is 1. The number of phenols is 1. The van der Waals surface area contributed by atoms with E-state index in [0.29, 0.717) is 12.2 Å². The minimum atomic E-state index is -0.446. The van der Waals surface area contributed by atoms with Crippen LogP contribution in [0.25, 0.3) is 0 Å². The molecule has 0 radical (unpaired) electrons. The third-order valence-electron chi connectivity index (χ3n) is 3.54. The van der Waals surface area contributed by atoms with Gasteiger partial charge in [0.05, 0.1) is 10.6 Å². The molecule has 1 heterocycles. The molecule has 1 aliphatic rings. The van der Waals surface area contributed by atoms with E-state index in [1.54, 1.807) is 0 Å².